The monoisotopic (exact) mass is 489 g/mol. The number of halogens is 2. The van der Waals surface area contributed by atoms with Crippen molar-refractivity contribution in [1.29, 1.82) is 0 Å². The van der Waals surface area contributed by atoms with E-state index in [0.29, 0.717) is 16.5 Å². The van der Waals surface area contributed by atoms with Crippen LogP contribution in [-0.4, -0.2) is 20.3 Å². The number of para-hydroxylation sites is 1. The number of rotatable bonds is 13. The first-order valence-electron chi connectivity index (χ1n) is 13.0. The average molecular weight is 490 g/mol. The number of unbranched alkanes of at least 4 members (excludes halogenated alkanes) is 8. The van der Waals surface area contributed by atoms with Gasteiger partial charge in [0.1, 0.15) is 5.82 Å². The Labute approximate surface area is 210 Å². The Bertz CT molecular complexity index is 899. The van der Waals surface area contributed by atoms with Crippen LogP contribution in [0, 0.1) is 5.82 Å². The van der Waals surface area contributed by atoms with Gasteiger partial charge < -0.3 is 14.4 Å². The van der Waals surface area contributed by atoms with E-state index in [1.807, 2.05) is 0 Å². The lowest BCUT2D eigenvalue weighted by Crippen LogP contribution is -2.43. The maximum atomic E-state index is 15.1. The zero-order valence-electron chi connectivity index (χ0n) is 21.3. The lowest BCUT2D eigenvalue weighted by Gasteiger charge is -2.44. The maximum Gasteiger partial charge on any atom is 0.161 e. The van der Waals surface area contributed by atoms with Crippen molar-refractivity contribution >= 4 is 17.3 Å². The van der Waals surface area contributed by atoms with E-state index in [1.165, 1.54) is 68.6 Å². The highest BCUT2D eigenvalue weighted by Crippen LogP contribution is 2.46. The minimum absolute atomic E-state index is 0.0394. The van der Waals surface area contributed by atoms with Crippen molar-refractivity contribution in [2.75, 3.05) is 19.1 Å². The summed E-state index contributed by atoms with van der Waals surface area (Å²) in [5.41, 5.74) is 2.95. The first-order chi connectivity index (χ1) is 16.5. The Morgan fingerprint density at radius 3 is 2.18 bits per heavy atom. The fraction of sp³-hybridized carbons (Fsp3) is 0.586. The van der Waals surface area contributed by atoms with Crippen LogP contribution in [0.1, 0.15) is 95.2 Å². The van der Waals surface area contributed by atoms with Gasteiger partial charge in [-0.15, -0.1) is 0 Å². The van der Waals surface area contributed by atoms with E-state index in [4.69, 9.17) is 21.1 Å². The van der Waals surface area contributed by atoms with Gasteiger partial charge in [-0.3, -0.25) is 0 Å². The summed E-state index contributed by atoms with van der Waals surface area (Å²) in [5.74, 6) is 1.19. The third-order valence-electron chi connectivity index (χ3n) is 7.11. The van der Waals surface area contributed by atoms with Crippen molar-refractivity contribution in [3.63, 3.8) is 0 Å². The number of nitrogens with zero attached hydrogens (tertiary/aromatic N) is 1. The van der Waals surface area contributed by atoms with E-state index in [1.54, 1.807) is 26.4 Å². The van der Waals surface area contributed by atoms with Gasteiger partial charge in [-0.25, -0.2) is 4.39 Å². The molecule has 0 amide bonds. The van der Waals surface area contributed by atoms with Gasteiger partial charge in [0.25, 0.3) is 0 Å². The molecule has 0 N–H and O–H groups in total. The lowest BCUT2D eigenvalue weighted by molar-refractivity contribution is 0.351. The Morgan fingerprint density at radius 1 is 0.941 bits per heavy atom. The van der Waals surface area contributed by atoms with E-state index < -0.39 is 0 Å². The number of methoxy groups -OCH3 is 2. The van der Waals surface area contributed by atoms with Crippen molar-refractivity contribution in [3.05, 3.63) is 52.3 Å². The Morgan fingerprint density at radius 2 is 1.56 bits per heavy atom. The first kappa shape index (κ1) is 26.7. The summed E-state index contributed by atoms with van der Waals surface area (Å²) in [6.07, 6.45) is 13.3. The zero-order valence-corrected chi connectivity index (χ0v) is 22.1. The molecule has 2 aromatic carbocycles. The largest absolute Gasteiger partial charge is 0.493 e. The molecular formula is C29H41ClFNO2. The van der Waals surface area contributed by atoms with Gasteiger partial charge in [-0.2, -0.15) is 0 Å². The molecule has 3 rings (SSSR count). The molecule has 5 heteroatoms. The van der Waals surface area contributed by atoms with E-state index >= 15 is 4.39 Å². The van der Waals surface area contributed by atoms with E-state index in [2.05, 4.69) is 30.9 Å². The first-order valence-corrected chi connectivity index (χ1v) is 13.4. The molecule has 188 valence electrons. The topological polar surface area (TPSA) is 21.7 Å². The molecule has 0 radical (unpaired) electrons. The second-order valence-electron chi connectivity index (χ2n) is 9.57. The van der Waals surface area contributed by atoms with Crippen LogP contribution in [0.25, 0.3) is 0 Å². The quantitative estimate of drug-likeness (QED) is 0.262. The van der Waals surface area contributed by atoms with Crippen LogP contribution in [0.4, 0.5) is 10.1 Å². The molecule has 2 atom stereocenters. The number of ether oxygens (including phenoxy) is 2. The molecule has 0 spiro atoms. The fourth-order valence-electron chi connectivity index (χ4n) is 5.35. The second kappa shape index (κ2) is 13.2. The standard InChI is InChI=1S/C29H41ClFNO2/c1-5-6-7-8-9-10-11-12-13-17-26-23-20-28(34-4)27(33-3)19-22(23)18-21(2)32(26)29-24(30)15-14-16-25(29)31/h14-16,19-21,26H,5-13,17-18H2,1-4H3. The molecule has 0 aliphatic carbocycles. The summed E-state index contributed by atoms with van der Waals surface area (Å²) in [7, 11) is 3.33. The molecule has 1 aliphatic rings. The van der Waals surface area contributed by atoms with Crippen molar-refractivity contribution in [1.82, 2.24) is 0 Å². The molecule has 0 aromatic heterocycles. The average Bonchev–Trinajstić information content (AvgIpc) is 2.83. The zero-order chi connectivity index (χ0) is 24.5. The number of fused-ring (bicyclic) bond motifs is 1. The summed E-state index contributed by atoms with van der Waals surface area (Å²) in [6, 6.07) is 9.29. The molecule has 1 heterocycles. The van der Waals surface area contributed by atoms with Gasteiger partial charge in [0.15, 0.2) is 11.5 Å². The van der Waals surface area contributed by atoms with Gasteiger partial charge in [0, 0.05) is 6.04 Å². The minimum Gasteiger partial charge on any atom is -0.493 e. The highest BCUT2D eigenvalue weighted by Gasteiger charge is 2.35. The van der Waals surface area contributed by atoms with E-state index in [-0.39, 0.29) is 17.9 Å². The molecule has 34 heavy (non-hydrogen) atoms. The van der Waals surface area contributed by atoms with Gasteiger partial charge in [-0.1, -0.05) is 82.4 Å². The number of hydrogen-bond donors (Lipinski definition) is 0. The number of anilines is 1. The molecule has 2 unspecified atom stereocenters. The second-order valence-corrected chi connectivity index (χ2v) is 9.98. The summed E-state index contributed by atoms with van der Waals surface area (Å²) in [4.78, 5) is 2.21. The van der Waals surface area contributed by atoms with Crippen LogP contribution >= 0.6 is 11.6 Å². The number of benzene rings is 2. The van der Waals surface area contributed by atoms with E-state index in [9.17, 15) is 0 Å². The molecule has 0 bridgehead atoms. The summed E-state index contributed by atoms with van der Waals surface area (Å²) in [5, 5.41) is 0.466. The Kier molecular flexibility index (Phi) is 10.4. The lowest BCUT2D eigenvalue weighted by atomic mass is 9.85. The predicted octanol–water partition coefficient (Wildman–Crippen LogP) is 8.91. The van der Waals surface area contributed by atoms with Gasteiger partial charge >= 0.3 is 0 Å². The fourth-order valence-corrected chi connectivity index (χ4v) is 5.61. The van der Waals surface area contributed by atoms with Crippen LogP contribution in [0.15, 0.2) is 30.3 Å². The number of hydrogen-bond acceptors (Lipinski definition) is 3. The van der Waals surface area contributed by atoms with Crippen LogP contribution in [0.5, 0.6) is 11.5 Å². The third-order valence-corrected chi connectivity index (χ3v) is 7.41. The molecular weight excluding hydrogens is 449 g/mol. The molecule has 0 fully saturated rings. The SMILES string of the molecule is CCCCCCCCCCCC1c2cc(OC)c(OC)cc2CC(C)N1c1c(F)cccc1Cl. The van der Waals surface area contributed by atoms with Crippen molar-refractivity contribution in [2.24, 2.45) is 0 Å². The third kappa shape index (κ3) is 6.38. The summed E-state index contributed by atoms with van der Waals surface area (Å²) in [6.45, 7) is 4.42. The van der Waals surface area contributed by atoms with Crippen molar-refractivity contribution in [2.45, 2.75) is 96.6 Å². The Hall–Kier alpha value is -1.94. The van der Waals surface area contributed by atoms with Crippen LogP contribution in [0.2, 0.25) is 5.02 Å². The minimum atomic E-state index is -0.264. The van der Waals surface area contributed by atoms with Crippen molar-refractivity contribution < 1.29 is 13.9 Å². The smallest absolute Gasteiger partial charge is 0.161 e. The Balaban J connectivity index is 1.81. The molecule has 0 saturated carbocycles. The van der Waals surface area contributed by atoms with E-state index in [0.717, 1.165) is 25.0 Å². The normalized spacial score (nSPS) is 17.5. The van der Waals surface area contributed by atoms with Crippen molar-refractivity contribution in [3.8, 4) is 11.5 Å². The van der Waals surface area contributed by atoms with Crippen LogP contribution < -0.4 is 14.4 Å². The summed E-state index contributed by atoms with van der Waals surface area (Å²) < 4.78 is 26.3. The molecule has 2 aromatic rings. The molecule has 3 nitrogen and oxygen atoms in total. The summed E-state index contributed by atoms with van der Waals surface area (Å²) >= 11 is 6.56. The van der Waals surface area contributed by atoms with Crippen LogP contribution in [0.3, 0.4) is 0 Å². The highest BCUT2D eigenvalue weighted by atomic mass is 35.5. The predicted molar refractivity (Wildman–Crippen MR) is 141 cm³/mol. The van der Waals surface area contributed by atoms with Gasteiger partial charge in [-0.05, 0) is 55.2 Å². The molecule has 0 saturated heterocycles. The maximum absolute atomic E-state index is 15.1. The van der Waals surface area contributed by atoms with Crippen LogP contribution in [-0.2, 0) is 6.42 Å². The van der Waals surface area contributed by atoms with Gasteiger partial charge in [0.2, 0.25) is 0 Å². The highest BCUT2D eigenvalue weighted by molar-refractivity contribution is 6.33. The van der Waals surface area contributed by atoms with Gasteiger partial charge in [0.05, 0.1) is 31.0 Å². The molecule has 1 aliphatic heterocycles.